The molecular formula is C10H17NO4S. The molecule has 1 atom stereocenters. The van der Waals surface area contributed by atoms with Gasteiger partial charge < -0.3 is 5.11 Å². The van der Waals surface area contributed by atoms with Crippen LogP contribution in [0.3, 0.4) is 0 Å². The number of sulfonamides is 1. The Hall–Kier alpha value is -0.620. The molecule has 2 rings (SSSR count). The zero-order chi connectivity index (χ0) is 12.0. The smallest absolute Gasteiger partial charge is 0.324 e. The fourth-order valence-electron chi connectivity index (χ4n) is 1.92. The fourth-order valence-corrected chi connectivity index (χ4v) is 3.86. The van der Waals surface area contributed by atoms with Gasteiger partial charge in [0, 0.05) is 0 Å². The lowest BCUT2D eigenvalue weighted by Gasteiger charge is -2.25. The molecule has 5 nitrogen and oxygen atoms in total. The van der Waals surface area contributed by atoms with Crippen molar-refractivity contribution in [3.8, 4) is 0 Å². The molecule has 0 aromatic rings. The first-order chi connectivity index (χ1) is 7.33. The fraction of sp³-hybridized carbons (Fsp3) is 0.900. The quantitative estimate of drug-likeness (QED) is 0.718. The van der Waals surface area contributed by atoms with Gasteiger partial charge in [0.2, 0.25) is 10.0 Å². The van der Waals surface area contributed by atoms with Crippen molar-refractivity contribution in [2.75, 3.05) is 5.75 Å². The average molecular weight is 247 g/mol. The largest absolute Gasteiger partial charge is 0.480 e. The molecule has 0 aliphatic heterocycles. The summed E-state index contributed by atoms with van der Waals surface area (Å²) < 4.78 is 25.9. The third-order valence-corrected chi connectivity index (χ3v) is 5.00. The number of carboxylic acid groups (broad SMARTS) is 1. The van der Waals surface area contributed by atoms with Crippen LogP contribution in [0.4, 0.5) is 0 Å². The van der Waals surface area contributed by atoms with Crippen molar-refractivity contribution in [3.05, 3.63) is 0 Å². The molecule has 0 saturated heterocycles. The topological polar surface area (TPSA) is 83.5 Å². The number of carboxylic acids is 1. The Bertz CT molecular complexity index is 397. The van der Waals surface area contributed by atoms with E-state index in [4.69, 9.17) is 5.11 Å². The highest BCUT2D eigenvalue weighted by Gasteiger charge is 2.50. The van der Waals surface area contributed by atoms with Gasteiger partial charge in [-0.3, -0.25) is 4.79 Å². The first-order valence-corrected chi connectivity index (χ1v) is 7.24. The summed E-state index contributed by atoms with van der Waals surface area (Å²) in [6, 6.07) is 0. The second kappa shape index (κ2) is 3.70. The zero-order valence-corrected chi connectivity index (χ0v) is 10.1. The van der Waals surface area contributed by atoms with Crippen molar-refractivity contribution in [3.63, 3.8) is 0 Å². The minimum Gasteiger partial charge on any atom is -0.480 e. The first kappa shape index (κ1) is 11.9. The molecule has 2 aliphatic carbocycles. The van der Waals surface area contributed by atoms with E-state index >= 15 is 0 Å². The monoisotopic (exact) mass is 247 g/mol. The van der Waals surface area contributed by atoms with Crippen molar-refractivity contribution in [1.82, 2.24) is 4.72 Å². The Morgan fingerprint density at radius 2 is 1.94 bits per heavy atom. The van der Waals surface area contributed by atoms with Crippen molar-refractivity contribution in [2.45, 2.75) is 38.1 Å². The molecule has 0 aromatic carbocycles. The Labute approximate surface area is 95.3 Å². The van der Waals surface area contributed by atoms with Crippen LogP contribution in [0.25, 0.3) is 0 Å². The van der Waals surface area contributed by atoms with Crippen molar-refractivity contribution in [2.24, 2.45) is 11.8 Å². The van der Waals surface area contributed by atoms with Crippen LogP contribution in [0.1, 0.15) is 32.6 Å². The van der Waals surface area contributed by atoms with E-state index in [-0.39, 0.29) is 17.6 Å². The lowest BCUT2D eigenvalue weighted by Crippen LogP contribution is -2.54. The van der Waals surface area contributed by atoms with E-state index in [1.165, 1.54) is 6.92 Å². The van der Waals surface area contributed by atoms with Crippen molar-refractivity contribution in [1.29, 1.82) is 0 Å². The number of carbonyl (C=O) groups is 1. The van der Waals surface area contributed by atoms with Gasteiger partial charge in [-0.05, 0) is 44.4 Å². The molecule has 0 spiro atoms. The zero-order valence-electron chi connectivity index (χ0n) is 9.27. The minimum absolute atomic E-state index is 0.0565. The van der Waals surface area contributed by atoms with E-state index in [0.717, 1.165) is 25.7 Å². The molecule has 2 N–H and O–H groups in total. The third-order valence-electron chi connectivity index (χ3n) is 3.36. The molecule has 2 aliphatic rings. The Morgan fingerprint density at radius 3 is 2.31 bits per heavy atom. The van der Waals surface area contributed by atoms with E-state index in [2.05, 4.69) is 4.72 Å². The normalized spacial score (nSPS) is 25.1. The molecule has 0 aromatic heterocycles. The van der Waals surface area contributed by atoms with Crippen LogP contribution in [0.2, 0.25) is 0 Å². The molecule has 16 heavy (non-hydrogen) atoms. The van der Waals surface area contributed by atoms with Crippen molar-refractivity contribution < 1.29 is 18.3 Å². The summed E-state index contributed by atoms with van der Waals surface area (Å²) in [5, 5.41) is 9.13. The standard InChI is InChI=1S/C10H17NO4S/c1-10(9(12)13,8-4-5-8)11-16(14,15)6-7-2-3-7/h7-8,11H,2-6H2,1H3,(H,12,13). The van der Waals surface area contributed by atoms with Gasteiger partial charge in [0.1, 0.15) is 5.54 Å². The van der Waals surface area contributed by atoms with Gasteiger partial charge in [-0.1, -0.05) is 0 Å². The Balaban J connectivity index is 2.07. The maximum atomic E-state index is 11.8. The third kappa shape index (κ3) is 2.55. The molecule has 0 heterocycles. The van der Waals surface area contributed by atoms with Gasteiger partial charge in [-0.25, -0.2) is 8.42 Å². The number of hydrogen-bond acceptors (Lipinski definition) is 3. The molecular weight excluding hydrogens is 230 g/mol. The minimum atomic E-state index is -3.46. The lowest BCUT2D eigenvalue weighted by molar-refractivity contribution is -0.144. The van der Waals surface area contributed by atoms with Gasteiger partial charge >= 0.3 is 5.97 Å². The maximum Gasteiger partial charge on any atom is 0.324 e. The molecule has 2 fully saturated rings. The Morgan fingerprint density at radius 1 is 1.38 bits per heavy atom. The maximum absolute atomic E-state index is 11.8. The highest BCUT2D eigenvalue weighted by atomic mass is 32.2. The summed E-state index contributed by atoms with van der Waals surface area (Å²) in [6.45, 7) is 1.47. The summed E-state index contributed by atoms with van der Waals surface area (Å²) >= 11 is 0. The van der Waals surface area contributed by atoms with Gasteiger partial charge in [0.25, 0.3) is 0 Å². The van der Waals surface area contributed by atoms with E-state index < -0.39 is 21.5 Å². The molecule has 6 heteroatoms. The predicted octanol–water partition coefficient (Wildman–Crippen LogP) is 0.569. The number of rotatable bonds is 6. The van der Waals surface area contributed by atoms with E-state index in [1.54, 1.807) is 0 Å². The SMILES string of the molecule is CC(NS(=O)(=O)CC1CC1)(C(=O)O)C1CC1. The van der Waals surface area contributed by atoms with E-state index in [1.807, 2.05) is 0 Å². The molecule has 92 valence electrons. The Kier molecular flexibility index (Phi) is 2.74. The van der Waals surface area contributed by atoms with Crippen LogP contribution >= 0.6 is 0 Å². The van der Waals surface area contributed by atoms with Crippen molar-refractivity contribution >= 4 is 16.0 Å². The first-order valence-electron chi connectivity index (χ1n) is 5.58. The summed E-state index contributed by atoms with van der Waals surface area (Å²) in [4.78, 5) is 11.2. The second-order valence-corrected chi connectivity index (χ2v) is 6.88. The van der Waals surface area contributed by atoms with Crippen LogP contribution in [0.5, 0.6) is 0 Å². The summed E-state index contributed by atoms with van der Waals surface area (Å²) in [7, 11) is -3.46. The molecule has 1 unspecified atom stereocenters. The number of aliphatic carboxylic acids is 1. The summed E-state index contributed by atoms with van der Waals surface area (Å²) in [5.41, 5.74) is -1.31. The van der Waals surface area contributed by atoms with Crippen LogP contribution in [-0.4, -0.2) is 30.8 Å². The average Bonchev–Trinajstić information content (AvgIpc) is 2.96. The highest BCUT2D eigenvalue weighted by Crippen LogP contribution is 2.40. The summed E-state index contributed by atoms with van der Waals surface area (Å²) in [5.74, 6) is -0.828. The summed E-state index contributed by atoms with van der Waals surface area (Å²) in [6.07, 6.45) is 3.45. The molecule has 0 bridgehead atoms. The highest BCUT2D eigenvalue weighted by molar-refractivity contribution is 7.89. The molecule has 0 radical (unpaired) electrons. The van der Waals surface area contributed by atoms with Crippen LogP contribution < -0.4 is 4.72 Å². The van der Waals surface area contributed by atoms with Gasteiger partial charge in [0.15, 0.2) is 0 Å². The molecule has 0 amide bonds. The number of hydrogen-bond donors (Lipinski definition) is 2. The van der Waals surface area contributed by atoms with Gasteiger partial charge in [-0.2, -0.15) is 4.72 Å². The molecule has 2 saturated carbocycles. The second-order valence-electron chi connectivity index (χ2n) is 5.11. The number of nitrogens with one attached hydrogen (secondary N) is 1. The van der Waals surface area contributed by atoms with Gasteiger partial charge in [-0.15, -0.1) is 0 Å². The van der Waals surface area contributed by atoms with Crippen LogP contribution in [0, 0.1) is 11.8 Å². The van der Waals surface area contributed by atoms with Gasteiger partial charge in [0.05, 0.1) is 5.75 Å². The van der Waals surface area contributed by atoms with E-state index in [9.17, 15) is 13.2 Å². The predicted molar refractivity (Wildman–Crippen MR) is 58.4 cm³/mol. The van der Waals surface area contributed by atoms with Crippen LogP contribution in [0.15, 0.2) is 0 Å². The lowest BCUT2D eigenvalue weighted by atomic mass is 9.98. The van der Waals surface area contributed by atoms with Crippen LogP contribution in [-0.2, 0) is 14.8 Å². The van der Waals surface area contributed by atoms with E-state index in [0.29, 0.717) is 0 Å².